The first kappa shape index (κ1) is 39.8. The highest BCUT2D eigenvalue weighted by Gasteiger charge is 2.30. The Morgan fingerprint density at radius 1 is 0.820 bits per heavy atom. The van der Waals surface area contributed by atoms with E-state index in [-0.39, 0.29) is 30.8 Å². The molecule has 3 aromatic rings. The largest absolute Gasteiger partial charge is 0.480 e. The number of carboxylic acids is 1. The summed E-state index contributed by atoms with van der Waals surface area (Å²) in [6, 6.07) is 1.81. The van der Waals surface area contributed by atoms with Crippen LogP contribution in [0.25, 0.3) is 10.9 Å². The number of para-hydroxylation sites is 1. The summed E-state index contributed by atoms with van der Waals surface area (Å²) in [5.74, 6) is -5.08. The molecule has 0 spiro atoms. The summed E-state index contributed by atoms with van der Waals surface area (Å²) in [6.45, 7) is -0.191. The zero-order valence-electron chi connectivity index (χ0n) is 27.2. The number of aromatic nitrogens is 3. The van der Waals surface area contributed by atoms with Crippen LogP contribution in [0.1, 0.15) is 30.5 Å². The minimum atomic E-state index is -1.24. The van der Waals surface area contributed by atoms with Crippen molar-refractivity contribution in [2.24, 2.45) is 11.5 Å². The zero-order valence-corrected chi connectivity index (χ0v) is 29.0. The Morgan fingerprint density at radius 2 is 1.48 bits per heavy atom. The van der Waals surface area contributed by atoms with Gasteiger partial charge in [0.05, 0.1) is 18.9 Å². The van der Waals surface area contributed by atoms with Gasteiger partial charge >= 0.3 is 5.97 Å². The molecule has 5 amide bonds. The van der Waals surface area contributed by atoms with E-state index in [2.05, 4.69) is 66.8 Å². The zero-order chi connectivity index (χ0) is 36.6. The molecular formula is C31H44N10O7S2. The molecule has 0 aliphatic carbocycles. The van der Waals surface area contributed by atoms with Gasteiger partial charge in [0, 0.05) is 46.9 Å². The molecule has 5 atom stereocenters. The number of fused-ring (bicyclic) bond motifs is 1. The number of rotatable bonds is 21. The van der Waals surface area contributed by atoms with Crippen LogP contribution >= 0.6 is 25.3 Å². The predicted octanol–water partition coefficient (Wildman–Crippen LogP) is -1.87. The first-order valence-corrected chi connectivity index (χ1v) is 17.1. The van der Waals surface area contributed by atoms with Crippen LogP contribution in [-0.4, -0.2) is 110 Å². The van der Waals surface area contributed by atoms with Gasteiger partial charge in [-0.05, 0) is 43.9 Å². The molecule has 19 heteroatoms. The molecule has 272 valence electrons. The van der Waals surface area contributed by atoms with Gasteiger partial charge in [0.15, 0.2) is 0 Å². The second kappa shape index (κ2) is 20.2. The van der Waals surface area contributed by atoms with Gasteiger partial charge in [0.2, 0.25) is 29.5 Å². The van der Waals surface area contributed by atoms with Gasteiger partial charge in [-0.3, -0.25) is 24.0 Å². The van der Waals surface area contributed by atoms with Gasteiger partial charge in [-0.15, -0.1) is 0 Å². The summed E-state index contributed by atoms with van der Waals surface area (Å²) in [4.78, 5) is 86.4. The first-order valence-electron chi connectivity index (χ1n) is 15.9. The van der Waals surface area contributed by atoms with Gasteiger partial charge in [-0.2, -0.15) is 25.3 Å². The Labute approximate surface area is 299 Å². The second-order valence-corrected chi connectivity index (χ2v) is 12.2. The fraction of sp³-hybridized carbons (Fsp3) is 0.452. The lowest BCUT2D eigenvalue weighted by atomic mass is 10.0. The molecule has 0 unspecified atom stereocenters. The number of nitrogens with one attached hydrogen (secondary N) is 7. The van der Waals surface area contributed by atoms with Crippen LogP contribution in [0.2, 0.25) is 0 Å². The van der Waals surface area contributed by atoms with E-state index in [1.807, 2.05) is 24.3 Å². The summed E-state index contributed by atoms with van der Waals surface area (Å²) in [6.07, 6.45) is 5.94. The summed E-state index contributed by atoms with van der Waals surface area (Å²) >= 11 is 8.30. The van der Waals surface area contributed by atoms with E-state index in [4.69, 9.17) is 11.5 Å². The molecule has 0 radical (unpaired) electrons. The summed E-state index contributed by atoms with van der Waals surface area (Å²) in [7, 11) is 0. The van der Waals surface area contributed by atoms with Crippen molar-refractivity contribution in [2.75, 3.05) is 24.6 Å². The van der Waals surface area contributed by atoms with Crippen molar-refractivity contribution in [2.45, 2.75) is 62.3 Å². The van der Waals surface area contributed by atoms with Crippen molar-refractivity contribution in [3.05, 3.63) is 54.2 Å². The fourth-order valence-electron chi connectivity index (χ4n) is 4.95. The number of imidazole rings is 1. The maximum atomic E-state index is 13.3. The highest BCUT2D eigenvalue weighted by Crippen LogP contribution is 2.18. The molecule has 2 aromatic heterocycles. The number of benzene rings is 1. The molecular weight excluding hydrogens is 689 g/mol. The number of hydrogen-bond donors (Lipinski definition) is 12. The van der Waals surface area contributed by atoms with Crippen molar-refractivity contribution < 1.29 is 33.9 Å². The number of carbonyl (C=O) groups is 6. The number of nitrogens with zero attached hydrogens (tertiary/aromatic N) is 1. The molecule has 0 bridgehead atoms. The number of amides is 5. The maximum Gasteiger partial charge on any atom is 0.326 e. The maximum absolute atomic E-state index is 13.3. The van der Waals surface area contributed by atoms with Crippen LogP contribution < -0.4 is 38.1 Å². The third kappa shape index (κ3) is 12.1. The van der Waals surface area contributed by atoms with Gasteiger partial charge < -0.3 is 53.1 Å². The lowest BCUT2D eigenvalue weighted by Crippen LogP contribution is -2.58. The van der Waals surface area contributed by atoms with Gasteiger partial charge in [0.1, 0.15) is 24.2 Å². The standard InChI is InChI=1S/C31H44N10O7S2/c32-8-4-3-7-22(31(47)48)39-30(46)25(15-50)41-29(45)23(10-18-12-34-16-37-18)38-26(42)13-36-28(44)24(14-49)40-27(43)20(33)9-17-11-35-21-6-2-1-5-19(17)21/h1-2,5-6,11-12,16,20,22-25,35,49-50H,3-4,7-10,13-15,32-33H2,(H,34,37)(H,36,44)(H,38,42)(H,39,46)(H,40,43)(H,41,45)(H,47,48)/t20-,22-,23-,24-,25-/m0/s1. The summed E-state index contributed by atoms with van der Waals surface area (Å²) in [5, 5.41) is 22.8. The van der Waals surface area contributed by atoms with E-state index in [1.165, 1.54) is 12.5 Å². The molecule has 1 aromatic carbocycles. The van der Waals surface area contributed by atoms with E-state index < -0.39 is 72.3 Å². The average Bonchev–Trinajstić information content (AvgIpc) is 3.77. The van der Waals surface area contributed by atoms with Crippen LogP contribution in [0.3, 0.4) is 0 Å². The van der Waals surface area contributed by atoms with Crippen LogP contribution in [0.15, 0.2) is 43.0 Å². The van der Waals surface area contributed by atoms with Crippen molar-refractivity contribution >= 4 is 71.7 Å². The third-order valence-corrected chi connectivity index (χ3v) is 8.43. The molecule has 17 nitrogen and oxygen atoms in total. The lowest BCUT2D eigenvalue weighted by molar-refractivity contribution is -0.142. The molecule has 50 heavy (non-hydrogen) atoms. The number of nitrogens with two attached hydrogens (primary N) is 2. The topological polar surface area (TPSA) is 279 Å². The van der Waals surface area contributed by atoms with Crippen LogP contribution in [0, 0.1) is 0 Å². The monoisotopic (exact) mass is 732 g/mol. The summed E-state index contributed by atoms with van der Waals surface area (Å²) in [5.41, 5.74) is 13.8. The van der Waals surface area contributed by atoms with E-state index in [1.54, 1.807) is 6.20 Å². The first-order chi connectivity index (χ1) is 24.0. The molecule has 0 fully saturated rings. The molecule has 0 aliphatic rings. The SMILES string of the molecule is NCCCC[C@H](NC(=O)[C@H](CS)NC(=O)[C@H](Cc1cnc[nH]1)NC(=O)CNC(=O)[C@H](CS)NC(=O)[C@@H](N)Cc1c[nH]c2ccccc12)C(=O)O. The Bertz CT molecular complexity index is 1600. The minimum absolute atomic E-state index is 0.0626. The van der Waals surface area contributed by atoms with Crippen molar-refractivity contribution in [3.8, 4) is 0 Å². The van der Waals surface area contributed by atoms with Crippen LogP contribution in [0.4, 0.5) is 0 Å². The number of unbranched alkanes of at least 4 members (excludes halogenated alkanes) is 1. The van der Waals surface area contributed by atoms with E-state index in [9.17, 15) is 33.9 Å². The molecule has 12 N–H and O–H groups in total. The molecule has 0 saturated heterocycles. The molecule has 3 rings (SSSR count). The van der Waals surface area contributed by atoms with Gasteiger partial charge in [-0.25, -0.2) is 9.78 Å². The number of hydrogen-bond acceptors (Lipinski definition) is 11. The van der Waals surface area contributed by atoms with Crippen molar-refractivity contribution in [3.63, 3.8) is 0 Å². The number of aromatic amines is 2. The van der Waals surface area contributed by atoms with Gasteiger partial charge in [-0.1, -0.05) is 18.2 Å². The molecule has 0 saturated carbocycles. The quantitative estimate of drug-likeness (QED) is 0.0428. The second-order valence-electron chi connectivity index (χ2n) is 11.5. The Balaban J connectivity index is 1.57. The minimum Gasteiger partial charge on any atom is -0.480 e. The number of thiol groups is 2. The number of carboxylic acid groups (broad SMARTS) is 1. The highest BCUT2D eigenvalue weighted by molar-refractivity contribution is 7.80. The molecule has 0 aliphatic heterocycles. The van der Waals surface area contributed by atoms with E-state index in [0.29, 0.717) is 25.1 Å². The number of H-pyrrole nitrogens is 2. The van der Waals surface area contributed by atoms with Gasteiger partial charge in [0.25, 0.3) is 0 Å². The average molecular weight is 733 g/mol. The smallest absolute Gasteiger partial charge is 0.326 e. The van der Waals surface area contributed by atoms with Crippen molar-refractivity contribution in [1.82, 2.24) is 41.5 Å². The third-order valence-electron chi connectivity index (χ3n) is 7.70. The number of carbonyl (C=O) groups excluding carboxylic acids is 5. The summed E-state index contributed by atoms with van der Waals surface area (Å²) < 4.78 is 0. The van der Waals surface area contributed by atoms with Crippen LogP contribution in [0.5, 0.6) is 0 Å². The Morgan fingerprint density at radius 3 is 2.14 bits per heavy atom. The van der Waals surface area contributed by atoms with Crippen LogP contribution in [-0.2, 0) is 41.6 Å². The lowest BCUT2D eigenvalue weighted by Gasteiger charge is -2.24. The Hall–Kier alpha value is -4.59. The van der Waals surface area contributed by atoms with E-state index in [0.717, 1.165) is 16.5 Å². The normalized spacial score (nSPS) is 14.1. The van der Waals surface area contributed by atoms with E-state index >= 15 is 0 Å². The highest BCUT2D eigenvalue weighted by atomic mass is 32.1. The number of aliphatic carboxylic acids is 1. The Kier molecular flexibility index (Phi) is 16.1. The fourth-order valence-corrected chi connectivity index (χ4v) is 5.47. The predicted molar refractivity (Wildman–Crippen MR) is 191 cm³/mol. The molecule has 2 heterocycles. The van der Waals surface area contributed by atoms with Crippen molar-refractivity contribution in [1.29, 1.82) is 0 Å².